The van der Waals surface area contributed by atoms with Crippen LogP contribution in [0.1, 0.15) is 49.9 Å². The van der Waals surface area contributed by atoms with Crippen molar-refractivity contribution in [1.29, 1.82) is 0 Å². The maximum Gasteiger partial charge on any atom is 0.226 e. The lowest BCUT2D eigenvalue weighted by molar-refractivity contribution is -0.137. The molecule has 1 amide bonds. The minimum absolute atomic E-state index is 0.227. The summed E-state index contributed by atoms with van der Waals surface area (Å²) in [5.74, 6) is 1.31. The highest BCUT2D eigenvalue weighted by atomic mass is 16.2. The number of carbonyl (C=O) groups is 1. The molecule has 1 saturated carbocycles. The van der Waals surface area contributed by atoms with Gasteiger partial charge in [-0.2, -0.15) is 5.10 Å². The van der Waals surface area contributed by atoms with E-state index >= 15 is 0 Å². The molecule has 0 saturated heterocycles. The van der Waals surface area contributed by atoms with Crippen molar-refractivity contribution in [3.63, 3.8) is 0 Å². The first-order valence-electron chi connectivity index (χ1n) is 9.64. The molecule has 0 radical (unpaired) electrons. The van der Waals surface area contributed by atoms with Crippen molar-refractivity contribution < 1.29 is 4.79 Å². The second-order valence-electron chi connectivity index (χ2n) is 7.24. The Kier molecular flexibility index (Phi) is 5.13. The van der Waals surface area contributed by atoms with Gasteiger partial charge < -0.3 is 10.2 Å². The van der Waals surface area contributed by atoms with E-state index in [4.69, 9.17) is 0 Å². The van der Waals surface area contributed by atoms with Gasteiger partial charge in [0.15, 0.2) is 0 Å². The van der Waals surface area contributed by atoms with Gasteiger partial charge in [-0.15, -0.1) is 0 Å². The number of fused-ring (bicyclic) bond motifs is 1. The smallest absolute Gasteiger partial charge is 0.226 e. The van der Waals surface area contributed by atoms with Crippen LogP contribution in [-0.4, -0.2) is 37.1 Å². The molecule has 1 aliphatic carbocycles. The van der Waals surface area contributed by atoms with E-state index in [1.165, 1.54) is 25.7 Å². The molecule has 1 fully saturated rings. The first-order chi connectivity index (χ1) is 12.8. The zero-order chi connectivity index (χ0) is 17.8. The van der Waals surface area contributed by atoms with Crippen molar-refractivity contribution >= 4 is 11.7 Å². The lowest BCUT2D eigenvalue weighted by Crippen LogP contribution is -2.41. The van der Waals surface area contributed by atoms with E-state index in [1.54, 1.807) is 18.6 Å². The molecule has 7 heteroatoms. The van der Waals surface area contributed by atoms with E-state index in [2.05, 4.69) is 26.4 Å². The maximum absolute atomic E-state index is 12.9. The number of anilines is 1. The average Bonchev–Trinajstić information content (AvgIpc) is 2.89. The Bertz CT molecular complexity index is 736. The van der Waals surface area contributed by atoms with Crippen LogP contribution in [-0.2, 0) is 24.4 Å². The normalized spacial score (nSPS) is 18.2. The van der Waals surface area contributed by atoms with Gasteiger partial charge in [-0.1, -0.05) is 25.7 Å². The second-order valence-corrected chi connectivity index (χ2v) is 7.24. The number of hydrogen-bond acceptors (Lipinski definition) is 5. The molecule has 2 aromatic rings. The minimum atomic E-state index is 0.227. The van der Waals surface area contributed by atoms with Crippen molar-refractivity contribution in [3.05, 3.63) is 36.0 Å². The molecular formula is C19H26N6O. The molecular weight excluding hydrogens is 328 g/mol. The number of amides is 1. The van der Waals surface area contributed by atoms with Crippen LogP contribution in [0.5, 0.6) is 0 Å². The highest BCUT2D eigenvalue weighted by molar-refractivity contribution is 5.79. The van der Waals surface area contributed by atoms with Crippen LogP contribution in [0.3, 0.4) is 0 Å². The number of hydrogen-bond donors (Lipinski definition) is 1. The van der Waals surface area contributed by atoms with Crippen molar-refractivity contribution in [1.82, 2.24) is 24.6 Å². The summed E-state index contributed by atoms with van der Waals surface area (Å²) in [4.78, 5) is 23.2. The van der Waals surface area contributed by atoms with E-state index in [0.29, 0.717) is 19.0 Å². The molecule has 0 aromatic carbocycles. The molecule has 2 aliphatic rings. The van der Waals surface area contributed by atoms with Gasteiger partial charge in [0.1, 0.15) is 5.82 Å². The zero-order valence-electron chi connectivity index (χ0n) is 15.1. The summed E-state index contributed by atoms with van der Waals surface area (Å²) in [5, 5.41) is 7.89. The Morgan fingerprint density at radius 1 is 1.15 bits per heavy atom. The van der Waals surface area contributed by atoms with E-state index in [-0.39, 0.29) is 5.92 Å². The van der Waals surface area contributed by atoms with Gasteiger partial charge in [-0.25, -0.2) is 4.98 Å². The summed E-state index contributed by atoms with van der Waals surface area (Å²) in [6.45, 7) is 2.82. The summed E-state index contributed by atoms with van der Waals surface area (Å²) < 4.78 is 2.03. The molecule has 7 nitrogen and oxygen atoms in total. The van der Waals surface area contributed by atoms with E-state index in [9.17, 15) is 4.79 Å². The zero-order valence-corrected chi connectivity index (χ0v) is 15.1. The van der Waals surface area contributed by atoms with Gasteiger partial charge in [0.25, 0.3) is 0 Å². The first-order valence-corrected chi connectivity index (χ1v) is 9.64. The van der Waals surface area contributed by atoms with Crippen LogP contribution in [0.4, 0.5) is 5.82 Å². The fourth-order valence-corrected chi connectivity index (χ4v) is 3.96. The van der Waals surface area contributed by atoms with Gasteiger partial charge >= 0.3 is 0 Å². The highest BCUT2D eigenvalue weighted by Crippen LogP contribution is 2.26. The fraction of sp³-hybridized carbons (Fsp3) is 0.579. The van der Waals surface area contributed by atoms with Crippen LogP contribution in [0.15, 0.2) is 24.7 Å². The third-order valence-corrected chi connectivity index (χ3v) is 5.38. The summed E-state index contributed by atoms with van der Waals surface area (Å²) in [7, 11) is 0. The monoisotopic (exact) mass is 354 g/mol. The minimum Gasteiger partial charge on any atom is -0.363 e. The van der Waals surface area contributed by atoms with Crippen LogP contribution in [0.25, 0.3) is 0 Å². The molecule has 3 heterocycles. The first kappa shape index (κ1) is 17.0. The Hall–Kier alpha value is -2.44. The molecule has 0 bridgehead atoms. The van der Waals surface area contributed by atoms with Crippen molar-refractivity contribution in [2.24, 2.45) is 5.92 Å². The number of rotatable bonds is 4. The second kappa shape index (κ2) is 7.85. The van der Waals surface area contributed by atoms with Crippen molar-refractivity contribution in [2.75, 3.05) is 11.9 Å². The maximum atomic E-state index is 12.9. The van der Waals surface area contributed by atoms with E-state index < -0.39 is 0 Å². The molecule has 2 aromatic heterocycles. The standard InChI is InChI=1S/C19H26N6O/c26-19(15-5-3-1-2-4-6-15)24-9-10-25-17(14-24)11-16(23-25)12-22-18-13-20-7-8-21-18/h7-8,11,13,15H,1-6,9-10,12,14H2,(H,21,22). The number of nitrogens with one attached hydrogen (secondary N) is 1. The van der Waals surface area contributed by atoms with Crippen LogP contribution < -0.4 is 5.32 Å². The SMILES string of the molecule is O=C(C1CCCCCC1)N1CCn2nc(CNc3cnccn3)cc2C1. The van der Waals surface area contributed by atoms with Crippen LogP contribution in [0, 0.1) is 5.92 Å². The number of aromatic nitrogens is 4. The van der Waals surface area contributed by atoms with Crippen molar-refractivity contribution in [3.8, 4) is 0 Å². The Labute approximate surface area is 153 Å². The third kappa shape index (κ3) is 3.86. The van der Waals surface area contributed by atoms with Gasteiger partial charge in [0, 0.05) is 24.9 Å². The Morgan fingerprint density at radius 3 is 2.77 bits per heavy atom. The molecule has 4 rings (SSSR count). The quantitative estimate of drug-likeness (QED) is 0.854. The topological polar surface area (TPSA) is 75.9 Å². The molecule has 1 N–H and O–H groups in total. The Balaban J connectivity index is 1.37. The van der Waals surface area contributed by atoms with Gasteiger partial charge in [0.05, 0.1) is 37.2 Å². The van der Waals surface area contributed by atoms with Gasteiger partial charge in [-0.3, -0.25) is 14.5 Å². The number of carbonyl (C=O) groups excluding carboxylic acids is 1. The predicted molar refractivity (Wildman–Crippen MR) is 98.2 cm³/mol. The summed E-state index contributed by atoms with van der Waals surface area (Å²) >= 11 is 0. The number of nitrogens with zero attached hydrogens (tertiary/aromatic N) is 5. The predicted octanol–water partition coefficient (Wildman–Crippen LogP) is 2.60. The lowest BCUT2D eigenvalue weighted by Gasteiger charge is -2.30. The largest absolute Gasteiger partial charge is 0.363 e. The molecule has 138 valence electrons. The van der Waals surface area contributed by atoms with Crippen molar-refractivity contribution in [2.45, 2.75) is 58.2 Å². The van der Waals surface area contributed by atoms with Crippen LogP contribution in [0.2, 0.25) is 0 Å². The van der Waals surface area contributed by atoms with Gasteiger partial charge in [-0.05, 0) is 18.9 Å². The van der Waals surface area contributed by atoms with E-state index in [1.807, 2.05) is 9.58 Å². The van der Waals surface area contributed by atoms with E-state index in [0.717, 1.165) is 43.1 Å². The molecule has 1 aliphatic heterocycles. The summed E-state index contributed by atoms with van der Waals surface area (Å²) in [6, 6.07) is 2.09. The summed E-state index contributed by atoms with van der Waals surface area (Å²) in [5.41, 5.74) is 2.09. The lowest BCUT2D eigenvalue weighted by atomic mass is 9.98. The molecule has 26 heavy (non-hydrogen) atoms. The molecule has 0 unspecified atom stereocenters. The third-order valence-electron chi connectivity index (χ3n) is 5.38. The molecule has 0 spiro atoms. The fourth-order valence-electron chi connectivity index (χ4n) is 3.96. The Morgan fingerprint density at radius 2 is 2.00 bits per heavy atom. The van der Waals surface area contributed by atoms with Gasteiger partial charge in [0.2, 0.25) is 5.91 Å². The summed E-state index contributed by atoms with van der Waals surface area (Å²) in [6.07, 6.45) is 12.1. The average molecular weight is 354 g/mol. The highest BCUT2D eigenvalue weighted by Gasteiger charge is 2.28. The van der Waals surface area contributed by atoms with Crippen LogP contribution >= 0.6 is 0 Å². The molecule has 0 atom stereocenters.